The van der Waals surface area contributed by atoms with E-state index in [0.717, 1.165) is 18.4 Å². The second kappa shape index (κ2) is 7.68. The standard InChI is InChI=1S/C14H20ClNO2S/c1-3-11-16(12-4-2)19(17,18)14-7-5-13(6-8-14)9-10-15/h3,5-8H,1,4,9-12H2,2H3. The molecule has 0 aliphatic carbocycles. The average molecular weight is 302 g/mol. The molecule has 0 aliphatic heterocycles. The molecule has 0 aliphatic rings. The number of halogens is 1. The van der Waals surface area contributed by atoms with E-state index in [0.29, 0.717) is 23.9 Å². The first-order valence-corrected chi connectivity index (χ1v) is 8.29. The zero-order valence-electron chi connectivity index (χ0n) is 11.2. The van der Waals surface area contributed by atoms with Crippen LogP contribution in [0.3, 0.4) is 0 Å². The van der Waals surface area contributed by atoms with Crippen molar-refractivity contribution in [3.63, 3.8) is 0 Å². The van der Waals surface area contributed by atoms with Gasteiger partial charge in [0, 0.05) is 19.0 Å². The molecule has 1 aromatic rings. The Kier molecular flexibility index (Phi) is 6.55. The second-order valence-corrected chi connectivity index (χ2v) is 6.55. The molecule has 106 valence electrons. The van der Waals surface area contributed by atoms with E-state index >= 15 is 0 Å². The van der Waals surface area contributed by atoms with E-state index in [-0.39, 0.29) is 0 Å². The average Bonchev–Trinajstić information content (AvgIpc) is 2.39. The number of hydrogen-bond donors (Lipinski definition) is 0. The third-order valence-electron chi connectivity index (χ3n) is 2.75. The summed E-state index contributed by atoms with van der Waals surface area (Å²) in [5, 5.41) is 0. The largest absolute Gasteiger partial charge is 0.243 e. The van der Waals surface area contributed by atoms with Crippen LogP contribution in [0, 0.1) is 0 Å². The van der Waals surface area contributed by atoms with Crippen LogP contribution >= 0.6 is 11.6 Å². The predicted octanol–water partition coefficient (Wildman–Crippen LogP) is 3.05. The molecule has 0 N–H and O–H groups in total. The summed E-state index contributed by atoms with van der Waals surface area (Å²) in [5.74, 6) is 0.532. The number of alkyl halides is 1. The van der Waals surface area contributed by atoms with Crippen LogP contribution in [0.25, 0.3) is 0 Å². The number of rotatable bonds is 8. The van der Waals surface area contributed by atoms with Crippen LogP contribution in [0.2, 0.25) is 0 Å². The topological polar surface area (TPSA) is 37.4 Å². The summed E-state index contributed by atoms with van der Waals surface area (Å²) >= 11 is 5.66. The first-order valence-electron chi connectivity index (χ1n) is 6.32. The number of hydrogen-bond acceptors (Lipinski definition) is 2. The highest BCUT2D eigenvalue weighted by Crippen LogP contribution is 2.17. The minimum Gasteiger partial charge on any atom is -0.207 e. The van der Waals surface area contributed by atoms with Crippen molar-refractivity contribution in [3.8, 4) is 0 Å². The molecule has 1 aromatic carbocycles. The van der Waals surface area contributed by atoms with E-state index < -0.39 is 10.0 Å². The molecule has 0 heterocycles. The van der Waals surface area contributed by atoms with E-state index in [1.54, 1.807) is 18.2 Å². The predicted molar refractivity (Wildman–Crippen MR) is 80.1 cm³/mol. The summed E-state index contributed by atoms with van der Waals surface area (Å²) in [7, 11) is -3.43. The van der Waals surface area contributed by atoms with E-state index in [2.05, 4.69) is 6.58 Å². The van der Waals surface area contributed by atoms with Gasteiger partial charge in [-0.15, -0.1) is 18.2 Å². The van der Waals surface area contributed by atoms with Gasteiger partial charge < -0.3 is 0 Å². The molecule has 1 rings (SSSR count). The van der Waals surface area contributed by atoms with Gasteiger partial charge in [0.05, 0.1) is 4.90 Å². The highest BCUT2D eigenvalue weighted by Gasteiger charge is 2.22. The van der Waals surface area contributed by atoms with Crippen molar-refractivity contribution in [2.24, 2.45) is 0 Å². The van der Waals surface area contributed by atoms with Gasteiger partial charge in [-0.1, -0.05) is 25.1 Å². The third-order valence-corrected chi connectivity index (χ3v) is 4.82. The lowest BCUT2D eigenvalue weighted by atomic mass is 10.2. The van der Waals surface area contributed by atoms with Gasteiger partial charge in [-0.2, -0.15) is 4.31 Å². The molecule has 0 spiro atoms. The van der Waals surface area contributed by atoms with Gasteiger partial charge in [-0.05, 0) is 30.5 Å². The molecule has 0 fully saturated rings. The van der Waals surface area contributed by atoms with Gasteiger partial charge in [-0.3, -0.25) is 0 Å². The first kappa shape index (κ1) is 16.2. The molecule has 0 atom stereocenters. The van der Waals surface area contributed by atoms with Gasteiger partial charge in [0.2, 0.25) is 10.0 Å². The Morgan fingerprint density at radius 1 is 1.32 bits per heavy atom. The first-order chi connectivity index (χ1) is 9.06. The van der Waals surface area contributed by atoms with Crippen molar-refractivity contribution in [3.05, 3.63) is 42.5 Å². The molecular formula is C14H20ClNO2S. The molecule has 0 radical (unpaired) electrons. The van der Waals surface area contributed by atoms with E-state index in [1.165, 1.54) is 4.31 Å². The number of aryl methyl sites for hydroxylation is 1. The molecule has 0 bridgehead atoms. The normalized spacial score (nSPS) is 11.7. The SMILES string of the molecule is C=CCN(CCC)S(=O)(=O)c1ccc(CCCl)cc1. The van der Waals surface area contributed by atoms with E-state index in [9.17, 15) is 8.42 Å². The van der Waals surface area contributed by atoms with Crippen LogP contribution in [0.1, 0.15) is 18.9 Å². The number of nitrogens with zero attached hydrogens (tertiary/aromatic N) is 1. The molecule has 0 amide bonds. The highest BCUT2D eigenvalue weighted by molar-refractivity contribution is 7.89. The van der Waals surface area contributed by atoms with Gasteiger partial charge in [0.15, 0.2) is 0 Å². The molecule has 0 aromatic heterocycles. The van der Waals surface area contributed by atoms with Crippen molar-refractivity contribution in [1.82, 2.24) is 4.31 Å². The molecule has 0 saturated heterocycles. The lowest BCUT2D eigenvalue weighted by Gasteiger charge is -2.20. The van der Waals surface area contributed by atoms with Crippen LogP contribution in [0.4, 0.5) is 0 Å². The second-order valence-electron chi connectivity index (χ2n) is 4.23. The Hall–Kier alpha value is -0.840. The van der Waals surface area contributed by atoms with Gasteiger partial charge >= 0.3 is 0 Å². The lowest BCUT2D eigenvalue weighted by molar-refractivity contribution is 0.441. The molecule has 0 unspecified atom stereocenters. The monoisotopic (exact) mass is 301 g/mol. The maximum Gasteiger partial charge on any atom is 0.243 e. The molecular weight excluding hydrogens is 282 g/mol. The van der Waals surface area contributed by atoms with Crippen LogP contribution in [0.5, 0.6) is 0 Å². The maximum atomic E-state index is 12.4. The Morgan fingerprint density at radius 3 is 2.42 bits per heavy atom. The van der Waals surface area contributed by atoms with Crippen LogP contribution in [-0.2, 0) is 16.4 Å². The zero-order valence-corrected chi connectivity index (χ0v) is 12.8. The Morgan fingerprint density at radius 2 is 1.95 bits per heavy atom. The zero-order chi connectivity index (χ0) is 14.3. The van der Waals surface area contributed by atoms with E-state index in [4.69, 9.17) is 11.6 Å². The summed E-state index contributed by atoms with van der Waals surface area (Å²) in [6.07, 6.45) is 3.12. The molecule has 19 heavy (non-hydrogen) atoms. The summed E-state index contributed by atoms with van der Waals surface area (Å²) < 4.78 is 26.3. The molecule has 0 saturated carbocycles. The Labute approximate surface area is 120 Å². The Balaban J connectivity index is 3.00. The van der Waals surface area contributed by atoms with Crippen LogP contribution in [-0.4, -0.2) is 31.7 Å². The fraction of sp³-hybridized carbons (Fsp3) is 0.429. The summed E-state index contributed by atoms with van der Waals surface area (Å²) in [5.41, 5.74) is 1.04. The number of sulfonamides is 1. The van der Waals surface area contributed by atoms with Crippen LogP contribution < -0.4 is 0 Å². The minimum atomic E-state index is -3.43. The maximum absolute atomic E-state index is 12.4. The molecule has 3 nitrogen and oxygen atoms in total. The Bertz CT molecular complexity index is 497. The van der Waals surface area contributed by atoms with Gasteiger partial charge in [0.25, 0.3) is 0 Å². The summed E-state index contributed by atoms with van der Waals surface area (Å²) in [4.78, 5) is 0.320. The molecule has 5 heteroatoms. The van der Waals surface area contributed by atoms with Gasteiger partial charge in [0.1, 0.15) is 0 Å². The van der Waals surface area contributed by atoms with Crippen molar-refractivity contribution >= 4 is 21.6 Å². The van der Waals surface area contributed by atoms with Gasteiger partial charge in [-0.25, -0.2) is 8.42 Å². The van der Waals surface area contributed by atoms with Crippen molar-refractivity contribution in [2.45, 2.75) is 24.7 Å². The highest BCUT2D eigenvalue weighted by atomic mass is 35.5. The fourth-order valence-electron chi connectivity index (χ4n) is 1.79. The van der Waals surface area contributed by atoms with Crippen molar-refractivity contribution < 1.29 is 8.42 Å². The quantitative estimate of drug-likeness (QED) is 0.547. The van der Waals surface area contributed by atoms with Crippen molar-refractivity contribution in [2.75, 3.05) is 19.0 Å². The fourth-order valence-corrected chi connectivity index (χ4v) is 3.51. The third kappa shape index (κ3) is 4.34. The summed E-state index contributed by atoms with van der Waals surface area (Å²) in [6, 6.07) is 6.91. The van der Waals surface area contributed by atoms with Crippen LogP contribution in [0.15, 0.2) is 41.8 Å². The smallest absolute Gasteiger partial charge is 0.207 e. The summed E-state index contributed by atoms with van der Waals surface area (Å²) in [6.45, 7) is 6.39. The number of benzene rings is 1. The van der Waals surface area contributed by atoms with E-state index in [1.807, 2.05) is 19.1 Å². The van der Waals surface area contributed by atoms with Crippen molar-refractivity contribution in [1.29, 1.82) is 0 Å². The lowest BCUT2D eigenvalue weighted by Crippen LogP contribution is -2.32. The minimum absolute atomic E-state index is 0.320.